The van der Waals surface area contributed by atoms with Gasteiger partial charge in [0, 0.05) is 13.0 Å². The van der Waals surface area contributed by atoms with Crippen LogP contribution in [0.15, 0.2) is 4.52 Å². The Balaban J connectivity index is 1.73. The van der Waals surface area contributed by atoms with Gasteiger partial charge in [-0.1, -0.05) is 18.0 Å². The van der Waals surface area contributed by atoms with Gasteiger partial charge in [-0.2, -0.15) is 4.98 Å². The Morgan fingerprint density at radius 2 is 2.00 bits per heavy atom. The van der Waals surface area contributed by atoms with E-state index in [1.165, 1.54) is 12.8 Å². The predicted molar refractivity (Wildman–Crippen MR) is 83.6 cm³/mol. The van der Waals surface area contributed by atoms with E-state index < -0.39 is 6.10 Å². The minimum absolute atomic E-state index is 0.0457. The molecule has 3 atom stereocenters. The van der Waals surface area contributed by atoms with Crippen molar-refractivity contribution >= 4 is 5.91 Å². The third-order valence-corrected chi connectivity index (χ3v) is 4.94. The second-order valence-corrected chi connectivity index (χ2v) is 6.70. The summed E-state index contributed by atoms with van der Waals surface area (Å²) in [5.41, 5.74) is 0. The topological polar surface area (TPSA) is 82.7 Å². The Morgan fingerprint density at radius 1 is 1.30 bits per heavy atom. The van der Waals surface area contributed by atoms with E-state index in [1.54, 1.807) is 11.8 Å². The van der Waals surface area contributed by atoms with Gasteiger partial charge in [-0.05, 0) is 39.8 Å². The largest absolute Gasteiger partial charge is 0.391 e. The van der Waals surface area contributed by atoms with Gasteiger partial charge in [-0.15, -0.1) is 0 Å². The van der Waals surface area contributed by atoms with Crippen molar-refractivity contribution < 1.29 is 14.4 Å². The number of rotatable bonds is 3. The zero-order valence-electron chi connectivity index (χ0n) is 13.9. The van der Waals surface area contributed by atoms with E-state index in [4.69, 9.17) is 4.52 Å². The van der Waals surface area contributed by atoms with Crippen LogP contribution in [0.2, 0.25) is 0 Å². The molecule has 23 heavy (non-hydrogen) atoms. The maximum atomic E-state index is 13.0. The van der Waals surface area contributed by atoms with Crippen LogP contribution in [0.4, 0.5) is 0 Å². The molecule has 2 aliphatic rings. The van der Waals surface area contributed by atoms with Gasteiger partial charge in [0.05, 0.1) is 12.1 Å². The molecule has 2 saturated heterocycles. The average molecular weight is 322 g/mol. The van der Waals surface area contributed by atoms with Crippen LogP contribution in [-0.2, 0) is 4.79 Å². The lowest BCUT2D eigenvalue weighted by Gasteiger charge is -2.31. The first-order valence-electron chi connectivity index (χ1n) is 8.59. The van der Waals surface area contributed by atoms with Crippen molar-refractivity contribution in [2.45, 2.75) is 64.1 Å². The van der Waals surface area contributed by atoms with Gasteiger partial charge in [0.15, 0.2) is 5.82 Å². The Labute approximate surface area is 136 Å². The Bertz CT molecular complexity index is 539. The van der Waals surface area contributed by atoms with Crippen LogP contribution in [0.3, 0.4) is 0 Å². The van der Waals surface area contributed by atoms with E-state index in [0.29, 0.717) is 24.7 Å². The number of aliphatic hydroxyl groups is 1. The number of carbonyl (C=O) groups excluding carboxylic acids is 1. The summed E-state index contributed by atoms with van der Waals surface area (Å²) in [6.07, 6.45) is 4.69. The zero-order valence-corrected chi connectivity index (χ0v) is 13.9. The maximum absolute atomic E-state index is 13.0. The molecule has 1 aromatic rings. The summed E-state index contributed by atoms with van der Waals surface area (Å²) in [6.45, 7) is 5.99. The molecule has 0 aliphatic carbocycles. The second-order valence-electron chi connectivity index (χ2n) is 6.70. The number of amides is 1. The first-order chi connectivity index (χ1) is 11.1. The lowest BCUT2D eigenvalue weighted by molar-refractivity contribution is -0.138. The van der Waals surface area contributed by atoms with Gasteiger partial charge in [0.25, 0.3) is 0 Å². The van der Waals surface area contributed by atoms with Gasteiger partial charge in [0.2, 0.25) is 11.8 Å². The zero-order chi connectivity index (χ0) is 16.4. The molecule has 128 valence electrons. The van der Waals surface area contributed by atoms with Crippen molar-refractivity contribution in [1.29, 1.82) is 0 Å². The summed E-state index contributed by atoms with van der Waals surface area (Å²) in [6, 6.07) is -0.488. The summed E-state index contributed by atoms with van der Waals surface area (Å²) < 4.78 is 5.24. The predicted octanol–water partition coefficient (Wildman–Crippen LogP) is 1.28. The first kappa shape index (κ1) is 16.4. The van der Waals surface area contributed by atoms with Crippen LogP contribution in [-0.4, -0.2) is 62.7 Å². The minimum atomic E-state index is -0.535. The van der Waals surface area contributed by atoms with Crippen LogP contribution in [0.25, 0.3) is 0 Å². The van der Waals surface area contributed by atoms with E-state index in [0.717, 1.165) is 25.9 Å². The summed E-state index contributed by atoms with van der Waals surface area (Å²) in [4.78, 5) is 21.2. The molecule has 7 heteroatoms. The number of hydrogen-bond donors (Lipinski definition) is 1. The van der Waals surface area contributed by atoms with Gasteiger partial charge >= 0.3 is 0 Å². The van der Waals surface area contributed by atoms with Crippen LogP contribution >= 0.6 is 0 Å². The molecule has 1 aromatic heterocycles. The Hall–Kier alpha value is -1.47. The summed E-state index contributed by atoms with van der Waals surface area (Å²) in [5, 5.41) is 13.8. The summed E-state index contributed by atoms with van der Waals surface area (Å²) in [5.74, 6) is 1.02. The average Bonchev–Trinajstić information content (AvgIpc) is 3.02. The molecule has 3 rings (SSSR count). The van der Waals surface area contributed by atoms with Crippen molar-refractivity contribution in [2.75, 3.05) is 19.6 Å². The van der Waals surface area contributed by atoms with E-state index in [2.05, 4.69) is 15.0 Å². The molecule has 2 fully saturated rings. The molecule has 0 unspecified atom stereocenters. The van der Waals surface area contributed by atoms with E-state index >= 15 is 0 Å². The van der Waals surface area contributed by atoms with E-state index in [-0.39, 0.29) is 18.0 Å². The van der Waals surface area contributed by atoms with Gasteiger partial charge in [0.1, 0.15) is 6.04 Å². The van der Waals surface area contributed by atoms with Crippen LogP contribution in [0, 0.1) is 6.92 Å². The lowest BCUT2D eigenvalue weighted by atomic mass is 10.1. The Morgan fingerprint density at radius 3 is 2.61 bits per heavy atom. The quantitative estimate of drug-likeness (QED) is 0.902. The third-order valence-electron chi connectivity index (χ3n) is 4.94. The molecule has 0 radical (unpaired) electrons. The molecule has 0 spiro atoms. The number of carbonyl (C=O) groups is 1. The highest BCUT2D eigenvalue weighted by atomic mass is 16.5. The highest BCUT2D eigenvalue weighted by molar-refractivity contribution is 5.82. The van der Waals surface area contributed by atoms with Crippen molar-refractivity contribution in [1.82, 2.24) is 19.9 Å². The fraction of sp³-hybridized carbons (Fsp3) is 0.812. The van der Waals surface area contributed by atoms with Crippen molar-refractivity contribution in [2.24, 2.45) is 0 Å². The molecule has 1 amide bonds. The summed E-state index contributed by atoms with van der Waals surface area (Å²) >= 11 is 0. The lowest BCUT2D eigenvalue weighted by Crippen LogP contribution is -2.47. The fourth-order valence-corrected chi connectivity index (χ4v) is 3.62. The van der Waals surface area contributed by atoms with Crippen molar-refractivity contribution in [3.05, 3.63) is 11.7 Å². The molecule has 2 aliphatic heterocycles. The van der Waals surface area contributed by atoms with Crippen molar-refractivity contribution in [3.8, 4) is 0 Å². The fourth-order valence-electron chi connectivity index (χ4n) is 3.62. The normalized spacial score (nSPS) is 27.9. The number of nitrogens with zero attached hydrogens (tertiary/aromatic N) is 4. The van der Waals surface area contributed by atoms with Crippen LogP contribution < -0.4 is 0 Å². The SMILES string of the molecule is Cc1noc([C@H]2C[C@@H](O)CN2C(=O)[C@@H](C)N2CCCCCC2)n1. The molecule has 7 nitrogen and oxygen atoms in total. The first-order valence-corrected chi connectivity index (χ1v) is 8.59. The van der Waals surface area contributed by atoms with Crippen LogP contribution in [0.5, 0.6) is 0 Å². The van der Waals surface area contributed by atoms with Gasteiger partial charge in [-0.25, -0.2) is 0 Å². The number of aromatic nitrogens is 2. The minimum Gasteiger partial charge on any atom is -0.391 e. The van der Waals surface area contributed by atoms with E-state index in [1.807, 2.05) is 6.92 Å². The standard InChI is InChI=1S/C16H26N4O3/c1-11(19-7-5-3-4-6-8-19)16(22)20-10-13(21)9-14(20)15-17-12(2)18-23-15/h11,13-14,21H,3-10H2,1-2H3/t11-,13-,14-/m1/s1. The molecule has 0 aromatic carbocycles. The number of aliphatic hydroxyl groups excluding tert-OH is 1. The maximum Gasteiger partial charge on any atom is 0.249 e. The third kappa shape index (κ3) is 3.55. The number of likely N-dealkylation sites (tertiary alicyclic amines) is 2. The second kappa shape index (κ2) is 6.97. The van der Waals surface area contributed by atoms with Crippen LogP contribution in [0.1, 0.15) is 56.8 Å². The number of β-amino-alcohol motifs (C(OH)–C–C–N with tert-alkyl or cyclic N) is 1. The summed E-state index contributed by atoms with van der Waals surface area (Å²) in [7, 11) is 0. The molecule has 3 heterocycles. The van der Waals surface area contributed by atoms with E-state index in [9.17, 15) is 9.90 Å². The smallest absolute Gasteiger partial charge is 0.249 e. The molecule has 0 bridgehead atoms. The Kier molecular flexibility index (Phi) is 4.96. The highest BCUT2D eigenvalue weighted by Gasteiger charge is 2.41. The van der Waals surface area contributed by atoms with Crippen molar-refractivity contribution in [3.63, 3.8) is 0 Å². The number of hydrogen-bond acceptors (Lipinski definition) is 6. The highest BCUT2D eigenvalue weighted by Crippen LogP contribution is 2.32. The molecular formula is C16H26N4O3. The molecular weight excluding hydrogens is 296 g/mol. The van der Waals surface area contributed by atoms with Gasteiger partial charge < -0.3 is 14.5 Å². The monoisotopic (exact) mass is 322 g/mol. The molecule has 0 saturated carbocycles. The van der Waals surface area contributed by atoms with Gasteiger partial charge in [-0.3, -0.25) is 9.69 Å². The molecule has 1 N–H and O–H groups in total. The number of aryl methyl sites for hydroxylation is 1.